The molecule has 1 N–H and O–H groups in total. The lowest BCUT2D eigenvalue weighted by Crippen LogP contribution is -2.47. The van der Waals surface area contributed by atoms with E-state index in [1.807, 2.05) is 0 Å². The van der Waals surface area contributed by atoms with Gasteiger partial charge >= 0.3 is 12.2 Å². The van der Waals surface area contributed by atoms with E-state index < -0.39 is 52.2 Å². The number of nitrogens with zero attached hydrogens (tertiary/aromatic N) is 3. The zero-order chi connectivity index (χ0) is 23.4. The lowest BCUT2D eigenvalue weighted by Gasteiger charge is -2.27. The number of halogens is 6. The van der Waals surface area contributed by atoms with Gasteiger partial charge in [-0.1, -0.05) is 11.6 Å². The van der Waals surface area contributed by atoms with E-state index in [2.05, 4.69) is 10.3 Å². The maximum atomic E-state index is 14.4. The number of alkyl halides is 3. The highest BCUT2D eigenvalue weighted by Crippen LogP contribution is 2.40. The Bertz CT molecular complexity index is 1130. The molecule has 0 bridgehead atoms. The Morgan fingerprint density at radius 2 is 2.06 bits per heavy atom. The molecule has 4 rings (SSSR count). The molecule has 2 aliphatic rings. The molecule has 32 heavy (non-hydrogen) atoms. The van der Waals surface area contributed by atoms with Crippen LogP contribution in [0, 0.1) is 11.6 Å². The van der Waals surface area contributed by atoms with Crippen LogP contribution < -0.4 is 19.9 Å². The number of ether oxygens (including phenoxy) is 1. The molecule has 0 spiro atoms. The molecule has 13 heteroatoms. The van der Waals surface area contributed by atoms with Crippen LogP contribution in [0.15, 0.2) is 18.2 Å². The molecule has 1 fully saturated rings. The van der Waals surface area contributed by atoms with Gasteiger partial charge in [-0.2, -0.15) is 18.2 Å². The minimum absolute atomic E-state index is 0.000642. The number of hydrogen-bond acceptors (Lipinski definition) is 4. The molecule has 2 aliphatic heterocycles. The van der Waals surface area contributed by atoms with Gasteiger partial charge in [0.2, 0.25) is 5.88 Å². The number of likely N-dealkylation sites (N-methyl/N-ethyl adjacent to an activating group) is 1. The third-order valence-corrected chi connectivity index (χ3v) is 5.53. The molecule has 170 valence electrons. The van der Waals surface area contributed by atoms with Crippen molar-refractivity contribution in [1.82, 2.24) is 10.3 Å². The van der Waals surface area contributed by atoms with Crippen LogP contribution in [0.2, 0.25) is 5.02 Å². The van der Waals surface area contributed by atoms with Crippen LogP contribution in [0.3, 0.4) is 0 Å². The molecule has 2 aromatic rings. The molecule has 1 atom stereocenters. The number of carbonyl (C=O) groups excluding carboxylic acids is 2. The normalized spacial score (nSPS) is 17.8. The molecule has 7 nitrogen and oxygen atoms in total. The number of amides is 3. The number of hydrogen-bond donors (Lipinski definition) is 1. The van der Waals surface area contributed by atoms with Gasteiger partial charge in [0.1, 0.15) is 22.7 Å². The van der Waals surface area contributed by atoms with Crippen molar-refractivity contribution in [3.05, 3.63) is 46.0 Å². The van der Waals surface area contributed by atoms with Crippen LogP contribution in [0.5, 0.6) is 5.88 Å². The average Bonchev–Trinajstić information content (AvgIpc) is 3.35. The summed E-state index contributed by atoms with van der Waals surface area (Å²) in [6, 6.07) is 0.284. The van der Waals surface area contributed by atoms with Crippen molar-refractivity contribution in [1.29, 1.82) is 0 Å². The summed E-state index contributed by atoms with van der Waals surface area (Å²) in [5, 5.41) is 1.54. The van der Waals surface area contributed by atoms with Gasteiger partial charge in [-0.25, -0.2) is 13.6 Å². The summed E-state index contributed by atoms with van der Waals surface area (Å²) in [4.78, 5) is 31.0. The molecule has 0 aliphatic carbocycles. The van der Waals surface area contributed by atoms with Crippen LogP contribution in [0.25, 0.3) is 0 Å². The summed E-state index contributed by atoms with van der Waals surface area (Å²) in [7, 11) is 1.16. The standard InChI is InChI=1S/C19H14ClF5N4O3/c1-28(11-3-2-10(21)14(20)15(11)22)17(30)12-7-26-18(31)29(12)13-6-9(19(23,24)25)8-4-5-32-16(8)27-13/h2-3,6,12H,4-5,7H2,1H3,(H,26,31). The minimum Gasteiger partial charge on any atom is -0.477 e. The number of urea groups is 1. The van der Waals surface area contributed by atoms with Gasteiger partial charge in [0.15, 0.2) is 5.82 Å². The van der Waals surface area contributed by atoms with Crippen molar-refractivity contribution in [2.45, 2.75) is 18.6 Å². The number of anilines is 2. The Morgan fingerprint density at radius 1 is 1.34 bits per heavy atom. The molecule has 1 aromatic carbocycles. The maximum absolute atomic E-state index is 14.4. The largest absolute Gasteiger partial charge is 0.477 e. The molecule has 3 heterocycles. The van der Waals surface area contributed by atoms with Gasteiger partial charge in [-0.15, -0.1) is 0 Å². The first-order chi connectivity index (χ1) is 15.0. The SMILES string of the molecule is CN(C(=O)C1CNC(=O)N1c1cc(C(F)(F)F)c2c(n1)OCC2)c1ccc(F)c(Cl)c1F. The van der Waals surface area contributed by atoms with E-state index in [9.17, 15) is 31.5 Å². The van der Waals surface area contributed by atoms with Crippen LogP contribution >= 0.6 is 11.6 Å². The Morgan fingerprint density at radius 3 is 2.75 bits per heavy atom. The second-order valence-electron chi connectivity index (χ2n) is 7.07. The average molecular weight is 477 g/mol. The number of carbonyl (C=O) groups is 2. The van der Waals surface area contributed by atoms with E-state index in [0.29, 0.717) is 6.07 Å². The number of rotatable bonds is 3. The fraction of sp³-hybridized carbons (Fsp3) is 0.316. The van der Waals surface area contributed by atoms with Gasteiger partial charge in [0, 0.05) is 25.6 Å². The van der Waals surface area contributed by atoms with E-state index in [0.717, 1.165) is 29.0 Å². The predicted octanol–water partition coefficient (Wildman–Crippen LogP) is 3.53. The monoisotopic (exact) mass is 476 g/mol. The van der Waals surface area contributed by atoms with Crippen LogP contribution in [0.4, 0.5) is 38.3 Å². The van der Waals surface area contributed by atoms with Crippen LogP contribution in [0.1, 0.15) is 11.1 Å². The van der Waals surface area contributed by atoms with Gasteiger partial charge in [0.05, 0.1) is 17.9 Å². The molecule has 1 saturated heterocycles. The quantitative estimate of drug-likeness (QED) is 0.543. The van der Waals surface area contributed by atoms with E-state index >= 15 is 0 Å². The fourth-order valence-electron chi connectivity index (χ4n) is 3.60. The lowest BCUT2D eigenvalue weighted by atomic mass is 10.1. The van der Waals surface area contributed by atoms with E-state index in [4.69, 9.17) is 16.3 Å². The Hall–Kier alpha value is -3.15. The Labute approximate surface area is 182 Å². The summed E-state index contributed by atoms with van der Waals surface area (Å²) in [6.45, 7) is -0.281. The van der Waals surface area contributed by atoms with Crippen molar-refractivity contribution in [2.75, 3.05) is 30.0 Å². The number of nitrogens with one attached hydrogen (secondary N) is 1. The second-order valence-corrected chi connectivity index (χ2v) is 7.45. The lowest BCUT2D eigenvalue weighted by molar-refractivity contribution is -0.138. The molecular weight excluding hydrogens is 463 g/mol. The maximum Gasteiger partial charge on any atom is 0.417 e. The van der Waals surface area contributed by atoms with E-state index in [-0.39, 0.29) is 36.7 Å². The van der Waals surface area contributed by atoms with Crippen molar-refractivity contribution in [3.63, 3.8) is 0 Å². The molecule has 1 aromatic heterocycles. The number of fused-ring (bicyclic) bond motifs is 1. The highest BCUT2D eigenvalue weighted by Gasteiger charge is 2.43. The van der Waals surface area contributed by atoms with E-state index in [1.165, 1.54) is 0 Å². The van der Waals surface area contributed by atoms with E-state index in [1.54, 1.807) is 0 Å². The van der Waals surface area contributed by atoms with Crippen molar-refractivity contribution < 1.29 is 36.3 Å². The van der Waals surface area contributed by atoms with Gasteiger partial charge in [0.25, 0.3) is 5.91 Å². The highest BCUT2D eigenvalue weighted by atomic mass is 35.5. The van der Waals surface area contributed by atoms with Crippen molar-refractivity contribution in [2.24, 2.45) is 0 Å². The van der Waals surface area contributed by atoms with Gasteiger partial charge < -0.3 is 15.0 Å². The number of pyridine rings is 1. The molecule has 0 saturated carbocycles. The molecular formula is C19H14ClF5N4O3. The first-order valence-electron chi connectivity index (χ1n) is 9.22. The predicted molar refractivity (Wildman–Crippen MR) is 103 cm³/mol. The summed E-state index contributed by atoms with van der Waals surface area (Å²) < 4.78 is 73.7. The summed E-state index contributed by atoms with van der Waals surface area (Å²) in [5.41, 5.74) is -1.53. The van der Waals surface area contributed by atoms with Crippen LogP contribution in [-0.4, -0.2) is 43.2 Å². The minimum atomic E-state index is -4.74. The van der Waals surface area contributed by atoms with Crippen LogP contribution in [-0.2, 0) is 17.4 Å². The molecule has 0 radical (unpaired) electrons. The number of aromatic nitrogens is 1. The summed E-state index contributed by atoms with van der Waals surface area (Å²) in [5.74, 6) is -3.81. The first kappa shape index (κ1) is 22.1. The summed E-state index contributed by atoms with van der Waals surface area (Å²) in [6.07, 6.45) is -4.74. The molecule has 1 unspecified atom stereocenters. The Kier molecular flexibility index (Phi) is 5.35. The fourth-order valence-corrected chi connectivity index (χ4v) is 3.76. The zero-order valence-electron chi connectivity index (χ0n) is 16.3. The zero-order valence-corrected chi connectivity index (χ0v) is 17.0. The highest BCUT2D eigenvalue weighted by molar-refractivity contribution is 6.31. The summed E-state index contributed by atoms with van der Waals surface area (Å²) >= 11 is 5.56. The van der Waals surface area contributed by atoms with Gasteiger partial charge in [-0.3, -0.25) is 9.69 Å². The topological polar surface area (TPSA) is 74.8 Å². The van der Waals surface area contributed by atoms with Gasteiger partial charge in [-0.05, 0) is 18.2 Å². The third-order valence-electron chi connectivity index (χ3n) is 5.18. The third kappa shape index (κ3) is 3.57. The van der Waals surface area contributed by atoms with Crippen molar-refractivity contribution >= 4 is 35.0 Å². The number of benzene rings is 1. The Balaban J connectivity index is 1.72. The molecule has 3 amide bonds. The van der Waals surface area contributed by atoms with Crippen molar-refractivity contribution in [3.8, 4) is 5.88 Å². The smallest absolute Gasteiger partial charge is 0.417 e. The first-order valence-corrected chi connectivity index (χ1v) is 9.60. The second kappa shape index (κ2) is 7.76.